The lowest BCUT2D eigenvalue weighted by molar-refractivity contribution is 0.553. The molecular weight excluding hydrogens is 212 g/mol. The summed E-state index contributed by atoms with van der Waals surface area (Å²) in [5.74, 6) is 2.45. The second-order valence-electron chi connectivity index (χ2n) is 4.68. The maximum atomic E-state index is 5.83. The van der Waals surface area contributed by atoms with Crippen molar-refractivity contribution in [2.45, 2.75) is 45.4 Å². The highest BCUT2D eigenvalue weighted by Crippen LogP contribution is 2.19. The zero-order valence-corrected chi connectivity index (χ0v) is 10.7. The first-order valence-electron chi connectivity index (χ1n) is 6.68. The Morgan fingerprint density at radius 3 is 2.41 bits per heavy atom. The van der Waals surface area contributed by atoms with Gasteiger partial charge in [0.2, 0.25) is 0 Å². The fourth-order valence-corrected chi connectivity index (χ4v) is 2.30. The van der Waals surface area contributed by atoms with E-state index in [9.17, 15) is 0 Å². The number of hydrogen-bond donors (Lipinski definition) is 1. The Hall–Kier alpha value is -1.32. The molecule has 1 saturated heterocycles. The van der Waals surface area contributed by atoms with E-state index in [-0.39, 0.29) is 0 Å². The SMILES string of the molecule is CCc1nc(N)cc(N2CCCCCCC2)n1. The van der Waals surface area contributed by atoms with Crippen LogP contribution in [0.3, 0.4) is 0 Å². The highest BCUT2D eigenvalue weighted by molar-refractivity contribution is 5.47. The molecule has 2 heterocycles. The topological polar surface area (TPSA) is 55.0 Å². The van der Waals surface area contributed by atoms with Crippen molar-refractivity contribution < 1.29 is 0 Å². The van der Waals surface area contributed by atoms with Crippen molar-refractivity contribution >= 4 is 11.6 Å². The molecule has 0 bridgehead atoms. The van der Waals surface area contributed by atoms with Crippen LogP contribution in [0.4, 0.5) is 11.6 Å². The van der Waals surface area contributed by atoms with Crippen LogP contribution >= 0.6 is 0 Å². The van der Waals surface area contributed by atoms with Crippen LogP contribution in [0.5, 0.6) is 0 Å². The van der Waals surface area contributed by atoms with Gasteiger partial charge in [-0.25, -0.2) is 9.97 Å². The first-order valence-corrected chi connectivity index (χ1v) is 6.68. The molecule has 0 spiro atoms. The van der Waals surface area contributed by atoms with Crippen LogP contribution in [0.1, 0.15) is 44.9 Å². The van der Waals surface area contributed by atoms with Gasteiger partial charge in [-0.05, 0) is 12.8 Å². The number of hydrogen-bond acceptors (Lipinski definition) is 4. The molecular formula is C13H22N4. The molecule has 1 aliphatic rings. The molecule has 2 rings (SSSR count). The number of aryl methyl sites for hydroxylation is 1. The van der Waals surface area contributed by atoms with E-state index in [2.05, 4.69) is 21.8 Å². The Bertz CT molecular complexity index is 356. The van der Waals surface area contributed by atoms with E-state index in [0.29, 0.717) is 5.82 Å². The maximum absolute atomic E-state index is 5.83. The summed E-state index contributed by atoms with van der Waals surface area (Å²) in [5.41, 5.74) is 5.83. The Kier molecular flexibility index (Phi) is 4.18. The van der Waals surface area contributed by atoms with Gasteiger partial charge in [-0.3, -0.25) is 0 Å². The van der Waals surface area contributed by atoms with Gasteiger partial charge in [0, 0.05) is 25.6 Å². The minimum Gasteiger partial charge on any atom is -0.384 e. The number of nitrogens with zero attached hydrogens (tertiary/aromatic N) is 3. The lowest BCUT2D eigenvalue weighted by Crippen LogP contribution is -2.28. The molecule has 0 atom stereocenters. The predicted octanol–water partition coefficient (Wildman–Crippen LogP) is 2.39. The van der Waals surface area contributed by atoms with Crippen LogP contribution in [0.25, 0.3) is 0 Å². The highest BCUT2D eigenvalue weighted by Gasteiger charge is 2.11. The van der Waals surface area contributed by atoms with Gasteiger partial charge in [-0.15, -0.1) is 0 Å². The van der Waals surface area contributed by atoms with Gasteiger partial charge >= 0.3 is 0 Å². The predicted molar refractivity (Wildman–Crippen MR) is 71.1 cm³/mol. The van der Waals surface area contributed by atoms with Crippen molar-refractivity contribution in [1.82, 2.24) is 9.97 Å². The number of nitrogen functional groups attached to an aromatic ring is 1. The van der Waals surface area contributed by atoms with Crippen molar-refractivity contribution in [3.05, 3.63) is 11.9 Å². The lowest BCUT2D eigenvalue weighted by atomic mass is 10.1. The summed E-state index contributed by atoms with van der Waals surface area (Å²) in [4.78, 5) is 11.2. The molecule has 0 unspecified atom stereocenters. The summed E-state index contributed by atoms with van der Waals surface area (Å²) < 4.78 is 0. The molecule has 17 heavy (non-hydrogen) atoms. The van der Waals surface area contributed by atoms with Crippen molar-refractivity contribution in [3.8, 4) is 0 Å². The Balaban J connectivity index is 2.15. The summed E-state index contributed by atoms with van der Waals surface area (Å²) >= 11 is 0. The Morgan fingerprint density at radius 2 is 1.76 bits per heavy atom. The average molecular weight is 234 g/mol. The summed E-state index contributed by atoms with van der Waals surface area (Å²) in [6.07, 6.45) is 7.39. The molecule has 1 fully saturated rings. The second-order valence-corrected chi connectivity index (χ2v) is 4.68. The average Bonchev–Trinajstić information content (AvgIpc) is 2.27. The van der Waals surface area contributed by atoms with E-state index >= 15 is 0 Å². The van der Waals surface area contributed by atoms with Gasteiger partial charge in [-0.2, -0.15) is 0 Å². The van der Waals surface area contributed by atoms with Crippen molar-refractivity contribution in [1.29, 1.82) is 0 Å². The van der Waals surface area contributed by atoms with Crippen LogP contribution in [0.15, 0.2) is 6.07 Å². The number of anilines is 2. The van der Waals surface area contributed by atoms with Crippen LogP contribution in [0, 0.1) is 0 Å². The lowest BCUT2D eigenvalue weighted by Gasteiger charge is -2.26. The smallest absolute Gasteiger partial charge is 0.134 e. The molecule has 1 aromatic heterocycles. The molecule has 4 heteroatoms. The Morgan fingerprint density at radius 1 is 1.12 bits per heavy atom. The molecule has 2 N–H and O–H groups in total. The van der Waals surface area contributed by atoms with E-state index in [1.54, 1.807) is 0 Å². The summed E-state index contributed by atoms with van der Waals surface area (Å²) in [7, 11) is 0. The van der Waals surface area contributed by atoms with Crippen LogP contribution < -0.4 is 10.6 Å². The third kappa shape index (κ3) is 3.32. The summed E-state index contributed by atoms with van der Waals surface area (Å²) in [5, 5.41) is 0. The van der Waals surface area contributed by atoms with E-state index in [1.807, 2.05) is 6.07 Å². The zero-order valence-electron chi connectivity index (χ0n) is 10.7. The largest absolute Gasteiger partial charge is 0.384 e. The molecule has 0 aliphatic carbocycles. The van der Waals surface area contributed by atoms with E-state index in [4.69, 9.17) is 5.73 Å². The first-order chi connectivity index (χ1) is 8.29. The molecule has 0 saturated carbocycles. The van der Waals surface area contributed by atoms with Crippen molar-refractivity contribution in [3.63, 3.8) is 0 Å². The first kappa shape index (κ1) is 12.1. The highest BCUT2D eigenvalue weighted by atomic mass is 15.2. The fraction of sp³-hybridized carbons (Fsp3) is 0.692. The zero-order chi connectivity index (χ0) is 12.1. The van der Waals surface area contributed by atoms with Gasteiger partial charge in [0.1, 0.15) is 17.5 Å². The third-order valence-corrected chi connectivity index (χ3v) is 3.28. The minimum atomic E-state index is 0.592. The van der Waals surface area contributed by atoms with Gasteiger partial charge in [0.15, 0.2) is 0 Å². The normalized spacial score (nSPS) is 17.6. The van der Waals surface area contributed by atoms with Crippen LogP contribution in [0.2, 0.25) is 0 Å². The fourth-order valence-electron chi connectivity index (χ4n) is 2.30. The molecule has 4 nitrogen and oxygen atoms in total. The standard InChI is InChI=1S/C13H22N4/c1-2-12-15-11(14)10-13(16-12)17-8-6-4-3-5-7-9-17/h10H,2-9H2,1H3,(H2,14,15,16). The minimum absolute atomic E-state index is 0.592. The van der Waals surface area contributed by atoms with E-state index in [0.717, 1.165) is 31.2 Å². The second kappa shape index (κ2) is 5.84. The summed E-state index contributed by atoms with van der Waals surface area (Å²) in [6, 6.07) is 1.90. The molecule has 94 valence electrons. The van der Waals surface area contributed by atoms with Gasteiger partial charge in [0.05, 0.1) is 0 Å². The van der Waals surface area contributed by atoms with Gasteiger partial charge < -0.3 is 10.6 Å². The molecule has 1 aliphatic heterocycles. The van der Waals surface area contributed by atoms with Gasteiger partial charge in [0.25, 0.3) is 0 Å². The van der Waals surface area contributed by atoms with E-state index < -0.39 is 0 Å². The monoisotopic (exact) mass is 234 g/mol. The number of rotatable bonds is 2. The quantitative estimate of drug-likeness (QED) is 0.853. The van der Waals surface area contributed by atoms with Crippen LogP contribution in [-0.2, 0) is 6.42 Å². The maximum Gasteiger partial charge on any atom is 0.134 e. The van der Waals surface area contributed by atoms with Crippen LogP contribution in [-0.4, -0.2) is 23.1 Å². The number of aromatic nitrogens is 2. The van der Waals surface area contributed by atoms with Gasteiger partial charge in [-0.1, -0.05) is 26.2 Å². The molecule has 0 aromatic carbocycles. The Labute approximate surface area is 103 Å². The molecule has 0 amide bonds. The van der Waals surface area contributed by atoms with Crippen molar-refractivity contribution in [2.75, 3.05) is 23.7 Å². The third-order valence-electron chi connectivity index (χ3n) is 3.28. The molecule has 0 radical (unpaired) electrons. The van der Waals surface area contributed by atoms with Crippen molar-refractivity contribution in [2.24, 2.45) is 0 Å². The molecule has 1 aromatic rings. The summed E-state index contributed by atoms with van der Waals surface area (Å²) in [6.45, 7) is 4.26. The van der Waals surface area contributed by atoms with E-state index in [1.165, 1.54) is 32.1 Å². The number of nitrogens with two attached hydrogens (primary N) is 1.